The van der Waals surface area contributed by atoms with Gasteiger partial charge < -0.3 is 9.94 Å². The van der Waals surface area contributed by atoms with Crippen LogP contribution >= 0.6 is 0 Å². The predicted octanol–water partition coefficient (Wildman–Crippen LogP) is 2.02. The largest absolute Gasteiger partial charge is 0.481 e. The van der Waals surface area contributed by atoms with Crippen LogP contribution in [0.5, 0.6) is 0 Å². The second kappa shape index (κ2) is 6.48. The van der Waals surface area contributed by atoms with Gasteiger partial charge in [-0.05, 0) is 43.1 Å². The Morgan fingerprint density at radius 1 is 1.14 bits per heavy atom. The van der Waals surface area contributed by atoms with Crippen molar-refractivity contribution < 1.29 is 19.5 Å². The molecule has 5 nitrogen and oxygen atoms in total. The summed E-state index contributed by atoms with van der Waals surface area (Å²) in [7, 11) is 0. The van der Waals surface area contributed by atoms with Crippen LogP contribution in [-0.4, -0.2) is 23.6 Å². The molecule has 1 aromatic rings. The molecule has 4 atom stereocenters. The first kappa shape index (κ1) is 15.0. The van der Waals surface area contributed by atoms with Gasteiger partial charge in [-0.25, -0.2) is 0 Å². The zero-order chi connectivity index (χ0) is 15.5. The summed E-state index contributed by atoms with van der Waals surface area (Å²) in [6.45, 7) is 0.554. The lowest BCUT2D eigenvalue weighted by Gasteiger charge is -2.25. The number of carbonyl (C=O) groups is 2. The Hall–Kier alpha value is -1.88. The smallest absolute Gasteiger partial charge is 0.328 e. The van der Waals surface area contributed by atoms with E-state index < -0.39 is 5.97 Å². The van der Waals surface area contributed by atoms with Gasteiger partial charge >= 0.3 is 11.9 Å². The van der Waals surface area contributed by atoms with Gasteiger partial charge in [-0.3, -0.25) is 9.59 Å². The van der Waals surface area contributed by atoms with Gasteiger partial charge in [-0.1, -0.05) is 30.3 Å². The standard InChI is InChI=1S/C17H21NO4/c19-16(20)14-9-12-8-13(14)15(10-12)17(21)22-18-7-6-11-4-2-1-3-5-11/h1-5,12-15,18H,6-10H2,(H,19,20). The number of nitrogens with one attached hydrogen (secondary N) is 1. The van der Waals surface area contributed by atoms with Crippen molar-refractivity contribution in [1.29, 1.82) is 0 Å². The molecule has 3 rings (SSSR count). The molecule has 0 spiro atoms. The van der Waals surface area contributed by atoms with E-state index in [9.17, 15) is 14.7 Å². The number of hydrogen-bond acceptors (Lipinski definition) is 4. The number of rotatable bonds is 6. The lowest BCUT2D eigenvalue weighted by molar-refractivity contribution is -0.160. The molecular formula is C17H21NO4. The minimum atomic E-state index is -0.776. The van der Waals surface area contributed by atoms with Crippen LogP contribution in [0.2, 0.25) is 0 Å². The third-order valence-corrected chi connectivity index (χ3v) is 4.96. The second-order valence-corrected chi connectivity index (χ2v) is 6.34. The van der Waals surface area contributed by atoms with Crippen molar-refractivity contribution in [3.63, 3.8) is 0 Å². The van der Waals surface area contributed by atoms with Crippen LogP contribution in [0, 0.1) is 23.7 Å². The number of fused-ring (bicyclic) bond motifs is 2. The van der Waals surface area contributed by atoms with Crippen LogP contribution in [0.15, 0.2) is 30.3 Å². The molecular weight excluding hydrogens is 282 g/mol. The molecule has 0 heterocycles. The maximum atomic E-state index is 12.1. The average Bonchev–Trinajstić information content (AvgIpc) is 3.13. The Morgan fingerprint density at radius 3 is 2.55 bits per heavy atom. The molecule has 0 amide bonds. The van der Waals surface area contributed by atoms with Crippen molar-refractivity contribution in [3.05, 3.63) is 35.9 Å². The SMILES string of the molecule is O=C(O)C1CC2CC(C(=O)ONCCc3ccccc3)C1C2. The van der Waals surface area contributed by atoms with Crippen LogP contribution in [0.25, 0.3) is 0 Å². The Kier molecular flexibility index (Phi) is 4.43. The molecule has 0 saturated heterocycles. The predicted molar refractivity (Wildman–Crippen MR) is 79.7 cm³/mol. The van der Waals surface area contributed by atoms with Gasteiger partial charge in [0.2, 0.25) is 0 Å². The maximum Gasteiger partial charge on any atom is 0.328 e. The molecule has 2 aliphatic carbocycles. The van der Waals surface area contributed by atoms with Gasteiger partial charge in [0.15, 0.2) is 0 Å². The molecule has 2 bridgehead atoms. The highest BCUT2D eigenvalue weighted by Crippen LogP contribution is 2.52. The van der Waals surface area contributed by atoms with Gasteiger partial charge in [0.05, 0.1) is 11.8 Å². The molecule has 5 heteroatoms. The molecule has 22 heavy (non-hydrogen) atoms. The van der Waals surface area contributed by atoms with Gasteiger partial charge in [0.1, 0.15) is 0 Å². The quantitative estimate of drug-likeness (QED) is 0.621. The highest BCUT2D eigenvalue weighted by molar-refractivity contribution is 5.77. The van der Waals surface area contributed by atoms with Crippen molar-refractivity contribution in [1.82, 2.24) is 5.48 Å². The molecule has 0 aliphatic heterocycles. The van der Waals surface area contributed by atoms with E-state index >= 15 is 0 Å². The fourth-order valence-electron chi connectivity index (χ4n) is 3.94. The molecule has 118 valence electrons. The number of benzene rings is 1. The summed E-state index contributed by atoms with van der Waals surface area (Å²) in [5.74, 6) is -1.39. The van der Waals surface area contributed by atoms with Crippen molar-refractivity contribution in [3.8, 4) is 0 Å². The molecule has 2 saturated carbocycles. The topological polar surface area (TPSA) is 75.6 Å². The normalized spacial score (nSPS) is 29.5. The van der Waals surface area contributed by atoms with E-state index in [1.807, 2.05) is 30.3 Å². The van der Waals surface area contributed by atoms with Gasteiger partial charge in [-0.15, -0.1) is 0 Å². The monoisotopic (exact) mass is 303 g/mol. The second-order valence-electron chi connectivity index (χ2n) is 6.34. The number of carboxylic acid groups (broad SMARTS) is 1. The average molecular weight is 303 g/mol. The summed E-state index contributed by atoms with van der Waals surface area (Å²) >= 11 is 0. The van der Waals surface area contributed by atoms with Gasteiger partial charge in [0, 0.05) is 6.54 Å². The first-order valence-electron chi connectivity index (χ1n) is 7.85. The van der Waals surface area contributed by atoms with E-state index in [0.717, 1.165) is 19.3 Å². The molecule has 0 radical (unpaired) electrons. The van der Waals surface area contributed by atoms with E-state index in [0.29, 0.717) is 18.9 Å². The Labute approximate surface area is 129 Å². The van der Waals surface area contributed by atoms with Crippen molar-refractivity contribution >= 4 is 11.9 Å². The van der Waals surface area contributed by atoms with Gasteiger partial charge in [0.25, 0.3) is 0 Å². The minimum Gasteiger partial charge on any atom is -0.481 e. The number of carboxylic acids is 1. The highest BCUT2D eigenvalue weighted by atomic mass is 16.7. The van der Waals surface area contributed by atoms with E-state index in [2.05, 4.69) is 5.48 Å². The zero-order valence-corrected chi connectivity index (χ0v) is 12.4. The lowest BCUT2D eigenvalue weighted by Crippen LogP contribution is -2.35. The Balaban J connectivity index is 1.44. The van der Waals surface area contributed by atoms with Gasteiger partial charge in [-0.2, -0.15) is 5.48 Å². The summed E-state index contributed by atoms with van der Waals surface area (Å²) < 4.78 is 0. The van der Waals surface area contributed by atoms with Crippen LogP contribution in [-0.2, 0) is 20.8 Å². The van der Waals surface area contributed by atoms with Crippen molar-refractivity contribution in [2.24, 2.45) is 23.7 Å². The number of carbonyl (C=O) groups excluding carboxylic acids is 1. The van der Waals surface area contributed by atoms with Crippen molar-refractivity contribution in [2.75, 3.05) is 6.54 Å². The minimum absolute atomic E-state index is 0.0501. The first-order chi connectivity index (χ1) is 10.6. The van der Waals surface area contributed by atoms with Crippen molar-refractivity contribution in [2.45, 2.75) is 25.7 Å². The number of hydroxylamine groups is 1. The molecule has 0 aromatic heterocycles. The zero-order valence-electron chi connectivity index (χ0n) is 12.4. The first-order valence-corrected chi connectivity index (χ1v) is 7.85. The molecule has 2 aliphatic rings. The van der Waals surface area contributed by atoms with Crippen LogP contribution < -0.4 is 5.48 Å². The van der Waals surface area contributed by atoms with E-state index in [4.69, 9.17) is 4.84 Å². The Bertz CT molecular complexity index is 545. The summed E-state index contributed by atoms with van der Waals surface area (Å²) in [6, 6.07) is 9.96. The van der Waals surface area contributed by atoms with E-state index in [1.54, 1.807) is 0 Å². The van der Waals surface area contributed by atoms with Crippen LogP contribution in [0.1, 0.15) is 24.8 Å². The molecule has 2 fully saturated rings. The third-order valence-electron chi connectivity index (χ3n) is 4.96. The summed E-state index contributed by atoms with van der Waals surface area (Å²) in [4.78, 5) is 28.5. The summed E-state index contributed by atoms with van der Waals surface area (Å²) in [6.07, 6.45) is 3.11. The third kappa shape index (κ3) is 3.14. The van der Waals surface area contributed by atoms with Crippen LogP contribution in [0.4, 0.5) is 0 Å². The maximum absolute atomic E-state index is 12.1. The summed E-state index contributed by atoms with van der Waals surface area (Å²) in [5.41, 5.74) is 3.89. The lowest BCUT2D eigenvalue weighted by atomic mass is 9.81. The number of aliphatic carboxylic acids is 1. The Morgan fingerprint density at radius 2 is 1.86 bits per heavy atom. The highest BCUT2D eigenvalue weighted by Gasteiger charge is 2.52. The number of hydrogen-bond donors (Lipinski definition) is 2. The van der Waals surface area contributed by atoms with E-state index in [1.165, 1.54) is 5.56 Å². The van der Waals surface area contributed by atoms with Crippen LogP contribution in [0.3, 0.4) is 0 Å². The summed E-state index contributed by atoms with van der Waals surface area (Å²) in [5, 5.41) is 9.21. The molecule has 2 N–H and O–H groups in total. The molecule has 1 aromatic carbocycles. The molecule has 4 unspecified atom stereocenters. The fourth-order valence-corrected chi connectivity index (χ4v) is 3.94. The fraction of sp³-hybridized carbons (Fsp3) is 0.529. The van der Waals surface area contributed by atoms with E-state index in [-0.39, 0.29) is 23.7 Å².